The molecule has 7 N–H and O–H groups in total. The number of nitrogens with one attached hydrogen (secondary N) is 1. The molecule has 0 spiro atoms. The number of nitrogens with two attached hydrogens (primary N) is 2. The number of hydroxylamine groups is 2. The van der Waals surface area contributed by atoms with Gasteiger partial charge in [-0.2, -0.15) is 0 Å². The lowest BCUT2D eigenvalue weighted by Crippen LogP contribution is -2.72. The van der Waals surface area contributed by atoms with Gasteiger partial charge < -0.3 is 36.6 Å². The molecule has 0 aromatic carbocycles. The van der Waals surface area contributed by atoms with Crippen molar-refractivity contribution in [3.8, 4) is 0 Å². The number of carboxylic acids is 2. The standard InChI is InChI=1S/C14H16N6O10S/c15-13-17-5(4-31-13)9(19-29-2-7(21)22)11(25)18-10-6(1-28-14(16)27)20(12(10)26)30-3-8(23)24/h4,6,10H,1-3H2,(H2,15,17)(H2,16,27)(H,18,25)(H,21,22)(H,23,24)/b19-9-/t6-,10-/m0/s1. The molecule has 31 heavy (non-hydrogen) atoms. The van der Waals surface area contributed by atoms with Crippen LogP contribution in [0.4, 0.5) is 9.93 Å². The molecular formula is C14H16N6O10S. The third-order valence-electron chi connectivity index (χ3n) is 3.50. The number of thiazole rings is 1. The molecule has 0 unspecified atom stereocenters. The number of ether oxygens (including phenoxy) is 1. The van der Waals surface area contributed by atoms with Gasteiger partial charge in [-0.3, -0.25) is 14.4 Å². The highest BCUT2D eigenvalue weighted by Gasteiger charge is 2.51. The molecule has 1 aromatic rings. The molecule has 1 saturated heterocycles. The molecule has 168 valence electrons. The fourth-order valence-electron chi connectivity index (χ4n) is 2.25. The zero-order chi connectivity index (χ0) is 23.1. The topological polar surface area (TPSA) is 246 Å². The summed E-state index contributed by atoms with van der Waals surface area (Å²) in [5.74, 6) is -4.58. The first-order chi connectivity index (χ1) is 14.6. The van der Waals surface area contributed by atoms with Crippen LogP contribution in [-0.2, 0) is 33.6 Å². The molecule has 0 saturated carbocycles. The lowest BCUT2D eigenvalue weighted by atomic mass is 9.98. The number of aliphatic carboxylic acids is 2. The SMILES string of the molecule is NC(=O)OC[C@H]1[C@H](NC(=O)/C(=N\OCC(=O)O)c2csc(N)n2)C(=O)N1OCC(=O)O. The molecule has 16 nitrogen and oxygen atoms in total. The van der Waals surface area contributed by atoms with Gasteiger partial charge in [0.25, 0.3) is 11.8 Å². The summed E-state index contributed by atoms with van der Waals surface area (Å²) in [6, 6.07) is -2.42. The summed E-state index contributed by atoms with van der Waals surface area (Å²) in [6.45, 7) is -2.24. The molecule has 2 heterocycles. The highest BCUT2D eigenvalue weighted by atomic mass is 32.1. The van der Waals surface area contributed by atoms with Crippen molar-refractivity contribution in [3.05, 3.63) is 11.1 Å². The van der Waals surface area contributed by atoms with Crippen molar-refractivity contribution in [1.29, 1.82) is 0 Å². The Balaban J connectivity index is 2.17. The number of hydrogen-bond acceptors (Lipinski definition) is 12. The van der Waals surface area contributed by atoms with E-state index in [1.54, 1.807) is 0 Å². The Morgan fingerprint density at radius 2 is 1.94 bits per heavy atom. The number of anilines is 1. The summed E-state index contributed by atoms with van der Waals surface area (Å²) in [5, 5.41) is 25.1. The lowest BCUT2D eigenvalue weighted by Gasteiger charge is -2.44. The predicted molar refractivity (Wildman–Crippen MR) is 98.3 cm³/mol. The van der Waals surface area contributed by atoms with Gasteiger partial charge in [0.2, 0.25) is 6.61 Å². The van der Waals surface area contributed by atoms with Crippen LogP contribution in [-0.4, -0.2) is 87.7 Å². The summed E-state index contributed by atoms with van der Waals surface area (Å²) in [7, 11) is 0. The molecule has 1 aromatic heterocycles. The molecule has 1 fully saturated rings. The Bertz CT molecular complexity index is 917. The van der Waals surface area contributed by atoms with Gasteiger partial charge in [-0.25, -0.2) is 24.4 Å². The maximum Gasteiger partial charge on any atom is 0.404 e. The van der Waals surface area contributed by atoms with Gasteiger partial charge in [0, 0.05) is 5.38 Å². The summed E-state index contributed by atoms with van der Waals surface area (Å²) < 4.78 is 4.60. The van der Waals surface area contributed by atoms with Gasteiger partial charge in [-0.15, -0.1) is 11.3 Å². The third kappa shape index (κ3) is 6.24. The van der Waals surface area contributed by atoms with E-state index in [0.717, 1.165) is 11.3 Å². The van der Waals surface area contributed by atoms with Crippen molar-refractivity contribution in [1.82, 2.24) is 15.4 Å². The highest BCUT2D eigenvalue weighted by molar-refractivity contribution is 7.13. The minimum Gasteiger partial charge on any atom is -0.479 e. The third-order valence-corrected chi connectivity index (χ3v) is 4.18. The van der Waals surface area contributed by atoms with E-state index in [9.17, 15) is 24.0 Å². The fourth-order valence-corrected chi connectivity index (χ4v) is 2.80. The average molecular weight is 460 g/mol. The molecule has 0 bridgehead atoms. The van der Waals surface area contributed by atoms with Gasteiger partial charge in [0.05, 0.1) is 0 Å². The molecule has 17 heteroatoms. The van der Waals surface area contributed by atoms with Crippen LogP contribution in [0.2, 0.25) is 0 Å². The van der Waals surface area contributed by atoms with Crippen molar-refractivity contribution in [2.45, 2.75) is 12.1 Å². The molecule has 1 aliphatic rings. The number of nitrogens with zero attached hydrogens (tertiary/aromatic N) is 3. The monoisotopic (exact) mass is 460 g/mol. The van der Waals surface area contributed by atoms with Crippen molar-refractivity contribution in [3.63, 3.8) is 0 Å². The van der Waals surface area contributed by atoms with E-state index >= 15 is 0 Å². The first kappa shape index (κ1) is 23.3. The Hall–Kier alpha value is -3.99. The van der Waals surface area contributed by atoms with Crippen LogP contribution < -0.4 is 16.8 Å². The molecular weight excluding hydrogens is 444 g/mol. The largest absolute Gasteiger partial charge is 0.479 e. The van der Waals surface area contributed by atoms with Gasteiger partial charge in [0.15, 0.2) is 17.5 Å². The number of aromatic nitrogens is 1. The predicted octanol–water partition coefficient (Wildman–Crippen LogP) is -2.66. The summed E-state index contributed by atoms with van der Waals surface area (Å²) in [6.07, 6.45) is -1.18. The second kappa shape index (κ2) is 10.2. The zero-order valence-corrected chi connectivity index (χ0v) is 16.2. The Morgan fingerprint density at radius 1 is 1.26 bits per heavy atom. The quantitative estimate of drug-likeness (QED) is 0.129. The zero-order valence-electron chi connectivity index (χ0n) is 15.4. The van der Waals surface area contributed by atoms with Gasteiger partial charge in [-0.1, -0.05) is 5.16 Å². The van der Waals surface area contributed by atoms with Gasteiger partial charge in [0.1, 0.15) is 24.4 Å². The van der Waals surface area contributed by atoms with E-state index in [1.165, 1.54) is 5.38 Å². The maximum absolute atomic E-state index is 12.7. The number of carbonyl (C=O) groups is 5. The van der Waals surface area contributed by atoms with Crippen molar-refractivity contribution >= 4 is 52.0 Å². The van der Waals surface area contributed by atoms with Crippen LogP contribution in [0, 0.1) is 0 Å². The minimum atomic E-state index is -1.37. The van der Waals surface area contributed by atoms with Crippen LogP contribution in [0.15, 0.2) is 10.5 Å². The molecule has 3 amide bonds. The number of nitrogen functional groups attached to an aromatic ring is 1. The second-order valence-electron chi connectivity index (χ2n) is 5.66. The summed E-state index contributed by atoms with van der Waals surface area (Å²) >= 11 is 0.962. The summed E-state index contributed by atoms with van der Waals surface area (Å²) in [4.78, 5) is 70.3. The lowest BCUT2D eigenvalue weighted by molar-refractivity contribution is -0.240. The summed E-state index contributed by atoms with van der Waals surface area (Å²) in [5.41, 5.74) is 9.87. The van der Waals surface area contributed by atoms with Crippen LogP contribution in [0.5, 0.6) is 0 Å². The van der Waals surface area contributed by atoms with Gasteiger partial charge >= 0.3 is 18.0 Å². The number of oxime groups is 1. The molecule has 2 rings (SSSR count). The van der Waals surface area contributed by atoms with Gasteiger partial charge in [-0.05, 0) is 0 Å². The van der Waals surface area contributed by atoms with Crippen LogP contribution in [0.25, 0.3) is 0 Å². The first-order valence-corrected chi connectivity index (χ1v) is 9.02. The van der Waals surface area contributed by atoms with Crippen LogP contribution in [0.3, 0.4) is 0 Å². The van der Waals surface area contributed by atoms with E-state index in [1.807, 2.05) is 0 Å². The molecule has 0 radical (unpaired) electrons. The van der Waals surface area contributed by atoms with E-state index < -0.39 is 67.5 Å². The molecule has 1 aliphatic heterocycles. The van der Waals surface area contributed by atoms with Crippen molar-refractivity contribution in [2.75, 3.05) is 25.6 Å². The van der Waals surface area contributed by atoms with E-state index in [4.69, 9.17) is 26.5 Å². The second-order valence-corrected chi connectivity index (χ2v) is 6.55. The smallest absolute Gasteiger partial charge is 0.404 e. The Morgan fingerprint density at radius 3 is 2.48 bits per heavy atom. The Kier molecular flexibility index (Phi) is 7.64. The van der Waals surface area contributed by atoms with E-state index in [0.29, 0.717) is 5.06 Å². The van der Waals surface area contributed by atoms with Crippen LogP contribution in [0.1, 0.15) is 5.69 Å². The fraction of sp³-hybridized carbons (Fsp3) is 0.357. The number of carbonyl (C=O) groups excluding carboxylic acids is 3. The number of β-lactam (4-membered cyclic amide) rings is 1. The number of carboxylic acid groups (broad SMARTS) is 2. The highest BCUT2D eigenvalue weighted by Crippen LogP contribution is 2.22. The molecule has 2 atom stereocenters. The van der Waals surface area contributed by atoms with E-state index in [-0.39, 0.29) is 10.8 Å². The van der Waals surface area contributed by atoms with Crippen LogP contribution >= 0.6 is 11.3 Å². The van der Waals surface area contributed by atoms with E-state index in [2.05, 4.69) is 25.0 Å². The number of amides is 3. The van der Waals surface area contributed by atoms with Crippen molar-refractivity contribution in [2.24, 2.45) is 10.9 Å². The average Bonchev–Trinajstić information content (AvgIpc) is 3.10. The number of hydrogen-bond donors (Lipinski definition) is 5. The minimum absolute atomic E-state index is 0.0546. The first-order valence-electron chi connectivity index (χ1n) is 8.14. The number of primary amides is 1. The number of rotatable bonds is 11. The normalized spacial score (nSPS) is 18.1. The Labute approximate surface area is 176 Å². The van der Waals surface area contributed by atoms with Crippen molar-refractivity contribution < 1.29 is 48.6 Å². The maximum atomic E-state index is 12.7. The molecule has 0 aliphatic carbocycles.